The summed E-state index contributed by atoms with van der Waals surface area (Å²) in [5, 5.41) is 6.00. The monoisotopic (exact) mass is 546 g/mol. The number of benzene rings is 2. The van der Waals surface area contributed by atoms with Crippen LogP contribution in [0.3, 0.4) is 0 Å². The van der Waals surface area contributed by atoms with Gasteiger partial charge in [0.05, 0.1) is 0 Å². The lowest BCUT2D eigenvalue weighted by Crippen LogP contribution is -2.35. The third kappa shape index (κ3) is 6.63. The van der Waals surface area contributed by atoms with Crippen LogP contribution in [0.5, 0.6) is 0 Å². The van der Waals surface area contributed by atoms with Gasteiger partial charge in [-0.3, -0.25) is 0 Å². The van der Waals surface area contributed by atoms with Crippen LogP contribution in [-0.2, 0) is 14.8 Å². The molecule has 0 saturated heterocycles. The van der Waals surface area contributed by atoms with Crippen molar-refractivity contribution in [3.8, 4) is 0 Å². The quantitative estimate of drug-likeness (QED) is 0.154. The summed E-state index contributed by atoms with van der Waals surface area (Å²) < 4.78 is 94.7. The molecule has 1 heterocycles. The van der Waals surface area contributed by atoms with Crippen molar-refractivity contribution >= 4 is 29.6 Å². The number of nitrogens with zero attached hydrogens (tertiary/aromatic N) is 2. The minimum atomic E-state index is -4.83. The molecule has 0 unspecified atom stereocenters. The van der Waals surface area contributed by atoms with E-state index in [1.165, 1.54) is 6.07 Å². The van der Waals surface area contributed by atoms with Gasteiger partial charge in [-0.25, -0.2) is 30.3 Å². The van der Waals surface area contributed by atoms with E-state index >= 15 is 8.78 Å². The van der Waals surface area contributed by atoms with Gasteiger partial charge < -0.3 is 20.3 Å². The molecule has 0 aliphatic rings. The summed E-state index contributed by atoms with van der Waals surface area (Å²) in [5.74, 6) is -4.72. The van der Waals surface area contributed by atoms with E-state index in [2.05, 4.69) is 30.1 Å². The van der Waals surface area contributed by atoms with Crippen molar-refractivity contribution in [2.24, 2.45) is 5.73 Å². The van der Waals surface area contributed by atoms with Crippen LogP contribution in [0.1, 0.15) is 11.7 Å². The summed E-state index contributed by atoms with van der Waals surface area (Å²) in [7, 11) is -6.32. The molecule has 0 aliphatic carbocycles. The molecule has 36 heavy (non-hydrogen) atoms. The van der Waals surface area contributed by atoms with E-state index in [4.69, 9.17) is 15.0 Å². The minimum absolute atomic E-state index is 0.229. The lowest BCUT2D eigenvalue weighted by Gasteiger charge is -2.23. The summed E-state index contributed by atoms with van der Waals surface area (Å²) in [5.41, 5.74) is 5.23. The maximum Gasteiger partial charge on any atom is 0.273 e. The van der Waals surface area contributed by atoms with E-state index in [0.29, 0.717) is 16.4 Å². The fourth-order valence-corrected chi connectivity index (χ4v) is 5.27. The highest BCUT2D eigenvalue weighted by Gasteiger charge is 2.33. The molecule has 3 N–H and O–H groups in total. The second kappa shape index (κ2) is 11.0. The van der Waals surface area contributed by atoms with Crippen LogP contribution in [-0.4, -0.2) is 35.0 Å². The van der Waals surface area contributed by atoms with Crippen molar-refractivity contribution in [1.29, 1.82) is 0 Å². The minimum Gasteiger partial charge on any atom is -0.366 e. The van der Waals surface area contributed by atoms with Gasteiger partial charge in [0.15, 0.2) is 10.7 Å². The highest BCUT2D eigenvalue weighted by Crippen LogP contribution is 2.30. The Morgan fingerprint density at radius 2 is 1.75 bits per heavy atom. The van der Waals surface area contributed by atoms with Gasteiger partial charge in [-0.05, 0) is 36.4 Å². The van der Waals surface area contributed by atoms with Gasteiger partial charge >= 0.3 is 0 Å². The summed E-state index contributed by atoms with van der Waals surface area (Å²) in [6.07, 6.45) is -0.277. The number of aromatic nitrogens is 1. The first-order valence-corrected chi connectivity index (χ1v) is 15.9. The van der Waals surface area contributed by atoms with Crippen LogP contribution in [0.2, 0.25) is 25.7 Å². The first-order chi connectivity index (χ1) is 16.8. The molecule has 0 spiro atoms. The Balaban J connectivity index is 1.88. The maximum absolute atomic E-state index is 15.0. The molecule has 8 nitrogen and oxygen atoms in total. The zero-order valence-corrected chi connectivity index (χ0v) is 21.6. The molecule has 0 fully saturated rings. The predicted molar refractivity (Wildman–Crippen MR) is 128 cm³/mol. The second-order valence-electron chi connectivity index (χ2n) is 9.12. The van der Waals surface area contributed by atoms with E-state index in [9.17, 15) is 17.2 Å². The Bertz CT molecular complexity index is 1280. The van der Waals surface area contributed by atoms with Gasteiger partial charge in [-0.15, -0.1) is 0 Å². The number of sulfonamides is 1. The summed E-state index contributed by atoms with van der Waals surface area (Å²) in [6, 6.07) is 5.87. The van der Waals surface area contributed by atoms with Gasteiger partial charge in [0.1, 0.15) is 42.4 Å². The van der Waals surface area contributed by atoms with E-state index < -0.39 is 59.2 Å². The topological polar surface area (TPSA) is 111 Å². The molecule has 0 saturated carbocycles. The number of halogens is 4. The number of hydrogen-bond acceptors (Lipinski definition) is 7. The van der Waals surface area contributed by atoms with Crippen LogP contribution in [0.4, 0.5) is 29.1 Å². The first-order valence-electron chi connectivity index (χ1n) is 10.8. The Kier molecular flexibility index (Phi) is 8.43. The standard InChI is InChI=1S/C22H26F4N4O4SSi/c1-36(2,3)9-8-33-13-30(20-6-7-34-29-20)35(31,32)21-18(25)11-15(12-19(21)26)28-22(27)16-10-14(23)4-5-17(16)24/h4-7,10-12,22,28H,8-9,13,27H2,1-3H3/t22-/m1/s1. The van der Waals surface area contributed by atoms with Crippen LogP contribution in [0.25, 0.3) is 0 Å². The number of rotatable bonds is 11. The molecule has 0 bridgehead atoms. The molecule has 0 radical (unpaired) electrons. The lowest BCUT2D eigenvalue weighted by atomic mass is 10.1. The highest BCUT2D eigenvalue weighted by atomic mass is 32.2. The second-order valence-corrected chi connectivity index (χ2v) is 16.5. The van der Waals surface area contributed by atoms with E-state index in [-0.39, 0.29) is 23.7 Å². The van der Waals surface area contributed by atoms with Crippen molar-refractivity contribution < 1.29 is 35.2 Å². The smallest absolute Gasteiger partial charge is 0.273 e. The normalized spacial score (nSPS) is 13.0. The number of ether oxygens (including phenoxy) is 1. The molecular weight excluding hydrogens is 520 g/mol. The van der Waals surface area contributed by atoms with Crippen molar-refractivity contribution in [1.82, 2.24) is 5.16 Å². The maximum atomic E-state index is 15.0. The van der Waals surface area contributed by atoms with Crippen molar-refractivity contribution in [3.63, 3.8) is 0 Å². The van der Waals surface area contributed by atoms with E-state index in [0.717, 1.165) is 30.5 Å². The van der Waals surface area contributed by atoms with Crippen LogP contribution in [0, 0.1) is 23.3 Å². The van der Waals surface area contributed by atoms with Crippen molar-refractivity contribution in [2.75, 3.05) is 23.0 Å². The Hall–Kier alpha value is -2.94. The number of anilines is 2. The van der Waals surface area contributed by atoms with Gasteiger partial charge in [0.25, 0.3) is 10.0 Å². The fraction of sp³-hybridized carbons (Fsp3) is 0.318. The lowest BCUT2D eigenvalue weighted by molar-refractivity contribution is 0.155. The zero-order valence-electron chi connectivity index (χ0n) is 19.8. The zero-order chi connectivity index (χ0) is 26.7. The predicted octanol–water partition coefficient (Wildman–Crippen LogP) is 4.81. The number of nitrogens with two attached hydrogens (primary N) is 1. The average Bonchev–Trinajstić information content (AvgIpc) is 3.27. The molecule has 1 aromatic heterocycles. The SMILES string of the molecule is C[Si](C)(C)CCOCN(c1ccon1)S(=O)(=O)c1c(F)cc(N[C@@H](N)c2cc(F)ccc2F)cc1F. The average molecular weight is 547 g/mol. The molecule has 3 rings (SSSR count). The third-order valence-corrected chi connectivity index (χ3v) is 8.53. The molecule has 14 heteroatoms. The number of nitrogens with one attached hydrogen (secondary N) is 1. The Morgan fingerprint density at radius 1 is 1.08 bits per heavy atom. The van der Waals surface area contributed by atoms with Gasteiger partial charge in [-0.1, -0.05) is 24.8 Å². The Labute approximate surface area is 207 Å². The third-order valence-electron chi connectivity index (χ3n) is 5.05. The van der Waals surface area contributed by atoms with E-state index in [1.807, 2.05) is 0 Å². The molecule has 2 aromatic carbocycles. The van der Waals surface area contributed by atoms with E-state index in [1.54, 1.807) is 0 Å². The first kappa shape index (κ1) is 27.6. The molecule has 3 aromatic rings. The fourth-order valence-electron chi connectivity index (χ4n) is 3.13. The van der Waals surface area contributed by atoms with Gasteiger partial charge in [-0.2, -0.15) is 0 Å². The van der Waals surface area contributed by atoms with Gasteiger partial charge in [0, 0.05) is 32.0 Å². The van der Waals surface area contributed by atoms with Crippen LogP contribution >= 0.6 is 0 Å². The molecular formula is C22H26F4N4O4SSi. The van der Waals surface area contributed by atoms with Crippen LogP contribution < -0.4 is 15.4 Å². The Morgan fingerprint density at radius 3 is 2.33 bits per heavy atom. The van der Waals surface area contributed by atoms with Crippen LogP contribution in [0.15, 0.2) is 52.1 Å². The highest BCUT2D eigenvalue weighted by molar-refractivity contribution is 7.92. The summed E-state index contributed by atoms with van der Waals surface area (Å²) in [6.45, 7) is 6.01. The molecule has 1 atom stereocenters. The molecule has 196 valence electrons. The number of hydrogen-bond donors (Lipinski definition) is 2. The summed E-state index contributed by atoms with van der Waals surface area (Å²) >= 11 is 0. The van der Waals surface area contributed by atoms with Crippen molar-refractivity contribution in [2.45, 2.75) is 36.7 Å². The molecule has 0 aliphatic heterocycles. The summed E-state index contributed by atoms with van der Waals surface area (Å²) in [4.78, 5) is -1.25. The van der Waals surface area contributed by atoms with Crippen molar-refractivity contribution in [3.05, 3.63) is 71.5 Å². The molecule has 0 amide bonds. The largest absolute Gasteiger partial charge is 0.366 e. The van der Waals surface area contributed by atoms with Gasteiger partial charge in [0.2, 0.25) is 0 Å².